The molecule has 5 nitrogen and oxygen atoms in total. The van der Waals surface area contributed by atoms with Crippen LogP contribution in [0.2, 0.25) is 0 Å². The minimum absolute atomic E-state index is 0.0457. The number of aromatic amines is 1. The lowest BCUT2D eigenvalue weighted by Crippen LogP contribution is -2.24. The Morgan fingerprint density at radius 1 is 1.69 bits per heavy atom. The van der Waals surface area contributed by atoms with Gasteiger partial charge in [-0.05, 0) is 0 Å². The molecule has 0 aliphatic carbocycles. The maximum atomic E-state index is 11.4. The zero-order chi connectivity index (χ0) is 9.90. The van der Waals surface area contributed by atoms with Gasteiger partial charge in [-0.15, -0.1) is 11.6 Å². The van der Waals surface area contributed by atoms with E-state index in [-0.39, 0.29) is 10.9 Å². The summed E-state index contributed by atoms with van der Waals surface area (Å²) in [5.41, 5.74) is 0.475. The first-order chi connectivity index (χ1) is 6.11. The van der Waals surface area contributed by atoms with E-state index in [2.05, 4.69) is 14.9 Å². The predicted molar refractivity (Wildman–Crippen MR) is 49.0 cm³/mol. The van der Waals surface area contributed by atoms with Crippen LogP contribution in [0.4, 0.5) is 0 Å². The number of H-pyrrole nitrogens is 1. The van der Waals surface area contributed by atoms with Crippen molar-refractivity contribution in [1.82, 2.24) is 14.9 Å². The van der Waals surface area contributed by atoms with Crippen LogP contribution in [0.25, 0.3) is 0 Å². The van der Waals surface area contributed by atoms with Gasteiger partial charge in [-0.2, -0.15) is 5.10 Å². The molecule has 0 fully saturated rings. The molecule has 1 aromatic rings. The van der Waals surface area contributed by atoms with Gasteiger partial charge in [0.25, 0.3) is 10.0 Å². The zero-order valence-electron chi connectivity index (χ0n) is 7.04. The summed E-state index contributed by atoms with van der Waals surface area (Å²) in [5, 5.41) is 6.06. The fourth-order valence-corrected chi connectivity index (χ4v) is 2.34. The van der Waals surface area contributed by atoms with Crippen molar-refractivity contribution >= 4 is 21.6 Å². The Morgan fingerprint density at radius 2 is 2.38 bits per heavy atom. The highest BCUT2D eigenvalue weighted by molar-refractivity contribution is 7.89. The van der Waals surface area contributed by atoms with Gasteiger partial charge in [0.05, 0.1) is 12.1 Å². The van der Waals surface area contributed by atoms with Crippen molar-refractivity contribution in [2.45, 2.75) is 17.8 Å². The van der Waals surface area contributed by atoms with E-state index in [4.69, 9.17) is 11.6 Å². The van der Waals surface area contributed by atoms with Gasteiger partial charge < -0.3 is 0 Å². The molecule has 7 heteroatoms. The van der Waals surface area contributed by atoms with E-state index >= 15 is 0 Å². The van der Waals surface area contributed by atoms with Crippen LogP contribution in [0.5, 0.6) is 0 Å². The Labute approximate surface area is 81.5 Å². The van der Waals surface area contributed by atoms with E-state index in [1.165, 1.54) is 6.20 Å². The third-order valence-corrected chi connectivity index (χ3v) is 3.27. The molecule has 0 saturated heterocycles. The number of aromatic nitrogens is 2. The minimum atomic E-state index is -3.46. The van der Waals surface area contributed by atoms with Gasteiger partial charge in [0.1, 0.15) is 0 Å². The van der Waals surface area contributed by atoms with Crippen LogP contribution in [0.15, 0.2) is 11.2 Å². The largest absolute Gasteiger partial charge is 0.266 e. The molecule has 2 N–H and O–H groups in total. The van der Waals surface area contributed by atoms with Crippen molar-refractivity contribution in [3.8, 4) is 0 Å². The van der Waals surface area contributed by atoms with Crippen LogP contribution in [-0.4, -0.2) is 25.2 Å². The molecule has 0 unspecified atom stereocenters. The van der Waals surface area contributed by atoms with E-state index in [9.17, 15) is 8.42 Å². The summed E-state index contributed by atoms with van der Waals surface area (Å²) in [6.07, 6.45) is 1.40. The number of rotatable bonds is 4. The van der Waals surface area contributed by atoms with Gasteiger partial charge in [-0.1, -0.05) is 6.92 Å². The fraction of sp³-hybridized carbons (Fsp3) is 0.500. The van der Waals surface area contributed by atoms with Crippen LogP contribution in [0, 0.1) is 0 Å². The van der Waals surface area contributed by atoms with Gasteiger partial charge in [0.15, 0.2) is 5.03 Å². The summed E-state index contributed by atoms with van der Waals surface area (Å²) in [4.78, 5) is 0. The molecule has 0 aliphatic rings. The Hall–Kier alpha value is -0.590. The average Bonchev–Trinajstić information content (AvgIpc) is 2.51. The Kier molecular flexibility index (Phi) is 3.29. The highest BCUT2D eigenvalue weighted by atomic mass is 35.5. The van der Waals surface area contributed by atoms with Crippen molar-refractivity contribution in [2.24, 2.45) is 0 Å². The molecule has 1 aromatic heterocycles. The molecule has 0 aromatic carbocycles. The number of halogens is 1. The topological polar surface area (TPSA) is 74.8 Å². The van der Waals surface area contributed by atoms with Crippen LogP contribution in [0.3, 0.4) is 0 Å². The molecule has 0 bridgehead atoms. The second kappa shape index (κ2) is 4.08. The van der Waals surface area contributed by atoms with Gasteiger partial charge in [0.2, 0.25) is 0 Å². The lowest BCUT2D eigenvalue weighted by Gasteiger charge is -2.02. The number of hydrogen-bond donors (Lipinski definition) is 2. The first-order valence-corrected chi connectivity index (χ1v) is 5.71. The van der Waals surface area contributed by atoms with Crippen molar-refractivity contribution < 1.29 is 8.42 Å². The summed E-state index contributed by atoms with van der Waals surface area (Å²) >= 11 is 5.53. The van der Waals surface area contributed by atoms with Gasteiger partial charge in [-0.25, -0.2) is 13.1 Å². The number of alkyl halides is 1. The highest BCUT2D eigenvalue weighted by Gasteiger charge is 2.18. The molecule has 1 rings (SSSR count). The minimum Gasteiger partial charge on any atom is -0.266 e. The highest BCUT2D eigenvalue weighted by Crippen LogP contribution is 2.13. The molecule has 13 heavy (non-hydrogen) atoms. The van der Waals surface area contributed by atoms with Crippen molar-refractivity contribution in [1.29, 1.82) is 0 Å². The molecule has 0 atom stereocenters. The molecular formula is C6H10ClN3O2S. The van der Waals surface area contributed by atoms with Crippen LogP contribution >= 0.6 is 11.6 Å². The standard InChI is InChI=1S/C6H10ClN3O2S/c1-2-9-13(11,12)6-5(3-7)4-8-10-6/h4,9H,2-3H2,1H3,(H,8,10). The first kappa shape index (κ1) is 10.5. The molecule has 74 valence electrons. The predicted octanol–water partition coefficient (Wildman–Crippen LogP) is 0.447. The second-order valence-electron chi connectivity index (χ2n) is 2.36. The fourth-order valence-electron chi connectivity index (χ4n) is 0.889. The van der Waals surface area contributed by atoms with E-state index in [1.54, 1.807) is 6.92 Å². The average molecular weight is 224 g/mol. The van der Waals surface area contributed by atoms with Crippen LogP contribution in [-0.2, 0) is 15.9 Å². The quantitative estimate of drug-likeness (QED) is 0.728. The van der Waals surface area contributed by atoms with Crippen molar-refractivity contribution in [3.05, 3.63) is 11.8 Å². The third-order valence-electron chi connectivity index (χ3n) is 1.43. The molecule has 0 spiro atoms. The van der Waals surface area contributed by atoms with Crippen LogP contribution < -0.4 is 4.72 Å². The summed E-state index contributed by atoms with van der Waals surface area (Å²) in [6.45, 7) is 2.04. The monoisotopic (exact) mass is 223 g/mol. The second-order valence-corrected chi connectivity index (χ2v) is 4.33. The Bertz CT molecular complexity index is 373. The number of nitrogens with zero attached hydrogens (tertiary/aromatic N) is 1. The molecule has 0 radical (unpaired) electrons. The van der Waals surface area contributed by atoms with E-state index < -0.39 is 10.0 Å². The van der Waals surface area contributed by atoms with Crippen molar-refractivity contribution in [3.63, 3.8) is 0 Å². The number of hydrogen-bond acceptors (Lipinski definition) is 3. The molecule has 0 aliphatic heterocycles. The maximum Gasteiger partial charge on any atom is 0.257 e. The van der Waals surface area contributed by atoms with Crippen LogP contribution in [0.1, 0.15) is 12.5 Å². The number of sulfonamides is 1. The first-order valence-electron chi connectivity index (χ1n) is 3.69. The SMILES string of the molecule is CCNS(=O)(=O)c1[nH]ncc1CCl. The smallest absolute Gasteiger partial charge is 0.257 e. The number of nitrogens with one attached hydrogen (secondary N) is 2. The normalized spacial score (nSPS) is 11.8. The van der Waals surface area contributed by atoms with Gasteiger partial charge in [0, 0.05) is 12.1 Å². The lowest BCUT2D eigenvalue weighted by atomic mass is 10.4. The van der Waals surface area contributed by atoms with Gasteiger partial charge in [-0.3, -0.25) is 5.10 Å². The molecular weight excluding hydrogens is 214 g/mol. The van der Waals surface area contributed by atoms with Gasteiger partial charge >= 0.3 is 0 Å². The zero-order valence-corrected chi connectivity index (χ0v) is 8.61. The summed E-state index contributed by atoms with van der Waals surface area (Å²) in [7, 11) is -3.46. The van der Waals surface area contributed by atoms with E-state index in [0.717, 1.165) is 0 Å². The molecule has 0 saturated carbocycles. The maximum absolute atomic E-state index is 11.4. The van der Waals surface area contributed by atoms with E-state index in [1.807, 2.05) is 0 Å². The molecule has 1 heterocycles. The summed E-state index contributed by atoms with van der Waals surface area (Å²) in [5.74, 6) is 0.121. The Balaban J connectivity index is 3.07. The third kappa shape index (κ3) is 2.20. The van der Waals surface area contributed by atoms with E-state index in [0.29, 0.717) is 12.1 Å². The lowest BCUT2D eigenvalue weighted by molar-refractivity contribution is 0.578. The molecule has 0 amide bonds. The summed E-state index contributed by atoms with van der Waals surface area (Å²) in [6, 6.07) is 0. The van der Waals surface area contributed by atoms with Crippen molar-refractivity contribution in [2.75, 3.05) is 6.54 Å². The summed E-state index contributed by atoms with van der Waals surface area (Å²) < 4.78 is 25.2. The Morgan fingerprint density at radius 3 is 2.92 bits per heavy atom.